The van der Waals surface area contributed by atoms with Gasteiger partial charge in [0.1, 0.15) is 0 Å². The van der Waals surface area contributed by atoms with E-state index in [9.17, 15) is 0 Å². The molecule has 0 spiro atoms. The van der Waals surface area contributed by atoms with E-state index in [4.69, 9.17) is 11.6 Å². The van der Waals surface area contributed by atoms with Crippen LogP contribution < -0.4 is 0 Å². The van der Waals surface area contributed by atoms with E-state index in [1.54, 1.807) is 0 Å². The second-order valence-electron chi connectivity index (χ2n) is 4.02. The first kappa shape index (κ1) is 11.1. The van der Waals surface area contributed by atoms with Gasteiger partial charge in [-0.3, -0.25) is 0 Å². The van der Waals surface area contributed by atoms with E-state index in [2.05, 4.69) is 19.1 Å². The molecule has 0 aromatic rings. The van der Waals surface area contributed by atoms with Crippen LogP contribution in [0.1, 0.15) is 45.4 Å². The summed E-state index contributed by atoms with van der Waals surface area (Å²) in [6.45, 7) is 2.32. The second-order valence-corrected chi connectivity index (χ2v) is 4.40. The zero-order valence-electron chi connectivity index (χ0n) is 8.64. The molecule has 13 heavy (non-hydrogen) atoms. The molecule has 0 nitrogen and oxygen atoms in total. The number of hydrogen-bond acceptors (Lipinski definition) is 0. The van der Waals surface area contributed by atoms with Gasteiger partial charge >= 0.3 is 0 Å². The molecule has 2 unspecified atom stereocenters. The molecule has 0 aliphatic heterocycles. The monoisotopic (exact) mass is 200 g/mol. The molecule has 1 saturated carbocycles. The van der Waals surface area contributed by atoms with Crippen molar-refractivity contribution in [3.8, 4) is 0 Å². The minimum atomic E-state index is 0.764. The van der Waals surface area contributed by atoms with Crippen LogP contribution in [-0.2, 0) is 0 Å². The summed E-state index contributed by atoms with van der Waals surface area (Å²) >= 11 is 5.64. The standard InChI is InChI=1S/C12H21Cl/c1-2-11-7-3-4-8-12(11)9-5-6-10-13/h5,9,11-12H,2-4,6-8,10H2,1H3. The summed E-state index contributed by atoms with van der Waals surface area (Å²) in [5.41, 5.74) is 0. The van der Waals surface area contributed by atoms with Crippen molar-refractivity contribution >= 4 is 11.6 Å². The van der Waals surface area contributed by atoms with E-state index in [1.807, 2.05) is 0 Å². The minimum absolute atomic E-state index is 0.764. The predicted molar refractivity (Wildman–Crippen MR) is 60.2 cm³/mol. The first-order valence-corrected chi connectivity index (χ1v) is 6.14. The molecule has 1 rings (SSSR count). The lowest BCUT2D eigenvalue weighted by Crippen LogP contribution is -2.16. The van der Waals surface area contributed by atoms with Crippen molar-refractivity contribution in [1.82, 2.24) is 0 Å². The van der Waals surface area contributed by atoms with E-state index in [1.165, 1.54) is 32.1 Å². The van der Waals surface area contributed by atoms with Crippen molar-refractivity contribution in [2.24, 2.45) is 11.8 Å². The highest BCUT2D eigenvalue weighted by atomic mass is 35.5. The van der Waals surface area contributed by atoms with Crippen molar-refractivity contribution in [2.45, 2.75) is 45.4 Å². The van der Waals surface area contributed by atoms with E-state index in [-0.39, 0.29) is 0 Å². The Bertz CT molecular complexity index is 151. The lowest BCUT2D eigenvalue weighted by atomic mass is 9.78. The van der Waals surface area contributed by atoms with Gasteiger partial charge in [0, 0.05) is 5.88 Å². The molecule has 0 radical (unpaired) electrons. The molecule has 1 aliphatic rings. The summed E-state index contributed by atoms with van der Waals surface area (Å²) in [5.74, 6) is 2.56. The summed E-state index contributed by atoms with van der Waals surface area (Å²) in [7, 11) is 0. The van der Waals surface area contributed by atoms with Crippen LogP contribution in [0.25, 0.3) is 0 Å². The number of hydrogen-bond donors (Lipinski definition) is 0. The van der Waals surface area contributed by atoms with Crippen LogP contribution in [0.3, 0.4) is 0 Å². The zero-order chi connectivity index (χ0) is 9.52. The molecule has 0 heterocycles. The smallest absolute Gasteiger partial charge is 0.0258 e. The maximum Gasteiger partial charge on any atom is 0.0258 e. The lowest BCUT2D eigenvalue weighted by Gasteiger charge is -2.28. The summed E-state index contributed by atoms with van der Waals surface area (Å²) in [6.07, 6.45) is 12.8. The van der Waals surface area contributed by atoms with E-state index in [0.717, 1.165) is 24.1 Å². The van der Waals surface area contributed by atoms with Gasteiger partial charge in [-0.05, 0) is 31.1 Å². The first-order chi connectivity index (χ1) is 6.38. The van der Waals surface area contributed by atoms with E-state index < -0.39 is 0 Å². The van der Waals surface area contributed by atoms with Crippen molar-refractivity contribution in [3.63, 3.8) is 0 Å². The Morgan fingerprint density at radius 2 is 2.08 bits per heavy atom. The SMILES string of the molecule is CCC1CCCCC1C=CCCCl. The first-order valence-electron chi connectivity index (χ1n) is 5.61. The van der Waals surface area contributed by atoms with Gasteiger partial charge < -0.3 is 0 Å². The van der Waals surface area contributed by atoms with Gasteiger partial charge in [0.2, 0.25) is 0 Å². The van der Waals surface area contributed by atoms with Crippen LogP contribution in [0.15, 0.2) is 12.2 Å². The Morgan fingerprint density at radius 3 is 2.77 bits per heavy atom. The fourth-order valence-corrected chi connectivity index (χ4v) is 2.46. The highest BCUT2D eigenvalue weighted by molar-refractivity contribution is 6.17. The Labute approximate surface area is 87.4 Å². The summed E-state index contributed by atoms with van der Waals surface area (Å²) < 4.78 is 0. The summed E-state index contributed by atoms with van der Waals surface area (Å²) in [5, 5.41) is 0. The van der Waals surface area contributed by atoms with Crippen LogP contribution >= 0.6 is 11.6 Å². The molecule has 0 bridgehead atoms. The normalized spacial score (nSPS) is 29.7. The largest absolute Gasteiger partial charge is 0.126 e. The molecule has 76 valence electrons. The molecule has 1 heteroatoms. The van der Waals surface area contributed by atoms with Crippen LogP contribution in [0, 0.1) is 11.8 Å². The molecule has 0 aromatic carbocycles. The quantitative estimate of drug-likeness (QED) is 0.467. The number of halogens is 1. The van der Waals surface area contributed by atoms with Gasteiger partial charge in [-0.25, -0.2) is 0 Å². The van der Waals surface area contributed by atoms with Crippen molar-refractivity contribution in [1.29, 1.82) is 0 Å². The van der Waals surface area contributed by atoms with Crippen LogP contribution in [0.4, 0.5) is 0 Å². The third kappa shape index (κ3) is 3.72. The number of allylic oxidation sites excluding steroid dienone is 2. The van der Waals surface area contributed by atoms with Crippen molar-refractivity contribution in [3.05, 3.63) is 12.2 Å². The predicted octanol–water partition coefficient (Wildman–Crippen LogP) is 4.39. The van der Waals surface area contributed by atoms with E-state index >= 15 is 0 Å². The molecule has 2 atom stereocenters. The Morgan fingerprint density at radius 1 is 1.31 bits per heavy atom. The number of rotatable bonds is 4. The molecule has 0 amide bonds. The average molecular weight is 201 g/mol. The Balaban J connectivity index is 2.35. The zero-order valence-corrected chi connectivity index (χ0v) is 9.39. The third-order valence-corrected chi connectivity index (χ3v) is 3.37. The van der Waals surface area contributed by atoms with Crippen LogP contribution in [0.2, 0.25) is 0 Å². The minimum Gasteiger partial charge on any atom is -0.126 e. The molecule has 1 aliphatic carbocycles. The van der Waals surface area contributed by atoms with E-state index in [0.29, 0.717) is 0 Å². The average Bonchev–Trinajstić information content (AvgIpc) is 2.19. The van der Waals surface area contributed by atoms with Crippen molar-refractivity contribution in [2.75, 3.05) is 5.88 Å². The maximum absolute atomic E-state index is 5.64. The molecule has 1 fully saturated rings. The molecular weight excluding hydrogens is 180 g/mol. The Hall–Kier alpha value is 0.0300. The van der Waals surface area contributed by atoms with Gasteiger partial charge in [-0.2, -0.15) is 0 Å². The van der Waals surface area contributed by atoms with Crippen LogP contribution in [0.5, 0.6) is 0 Å². The second kappa shape index (κ2) is 6.48. The fraction of sp³-hybridized carbons (Fsp3) is 0.833. The highest BCUT2D eigenvalue weighted by Crippen LogP contribution is 2.33. The summed E-state index contributed by atoms with van der Waals surface area (Å²) in [6, 6.07) is 0. The molecular formula is C12H21Cl. The van der Waals surface area contributed by atoms with Gasteiger partial charge in [0.15, 0.2) is 0 Å². The summed E-state index contributed by atoms with van der Waals surface area (Å²) in [4.78, 5) is 0. The van der Waals surface area contributed by atoms with Gasteiger partial charge in [0.05, 0.1) is 0 Å². The topological polar surface area (TPSA) is 0 Å². The molecule has 0 saturated heterocycles. The van der Waals surface area contributed by atoms with Crippen LogP contribution in [-0.4, -0.2) is 5.88 Å². The van der Waals surface area contributed by atoms with Gasteiger partial charge in [0.25, 0.3) is 0 Å². The fourth-order valence-electron chi connectivity index (χ4n) is 2.33. The van der Waals surface area contributed by atoms with Gasteiger partial charge in [-0.1, -0.05) is 38.3 Å². The number of alkyl halides is 1. The highest BCUT2D eigenvalue weighted by Gasteiger charge is 2.20. The third-order valence-electron chi connectivity index (χ3n) is 3.15. The molecule has 0 aromatic heterocycles. The Kier molecular flexibility index (Phi) is 5.54. The molecule has 0 N–H and O–H groups in total. The van der Waals surface area contributed by atoms with Gasteiger partial charge in [-0.15, -0.1) is 11.6 Å². The lowest BCUT2D eigenvalue weighted by molar-refractivity contribution is 0.276. The maximum atomic E-state index is 5.64. The van der Waals surface area contributed by atoms with Crippen molar-refractivity contribution < 1.29 is 0 Å².